The van der Waals surface area contributed by atoms with Crippen molar-refractivity contribution in [2.75, 3.05) is 21.3 Å². The van der Waals surface area contributed by atoms with E-state index < -0.39 is 0 Å². The molecule has 0 bridgehead atoms. The number of phenols is 1. The number of hydrogen-bond donors (Lipinski definition) is 1. The van der Waals surface area contributed by atoms with Gasteiger partial charge in [0.25, 0.3) is 0 Å². The lowest BCUT2D eigenvalue weighted by atomic mass is 9.99. The highest BCUT2D eigenvalue weighted by atomic mass is 16.5. The van der Waals surface area contributed by atoms with Gasteiger partial charge < -0.3 is 19.3 Å². The molecule has 3 aromatic carbocycles. The fourth-order valence-electron chi connectivity index (χ4n) is 3.83. The molecular formula is C28H31NO4. The van der Waals surface area contributed by atoms with Crippen LogP contribution in [0.4, 0.5) is 0 Å². The lowest BCUT2D eigenvalue weighted by molar-refractivity contribution is 0.391. The summed E-state index contributed by atoms with van der Waals surface area (Å²) in [7, 11) is 4.96. The highest BCUT2D eigenvalue weighted by Crippen LogP contribution is 2.35. The Morgan fingerprint density at radius 2 is 1.55 bits per heavy atom. The summed E-state index contributed by atoms with van der Waals surface area (Å²) in [5.74, 6) is 2.71. The van der Waals surface area contributed by atoms with Crippen molar-refractivity contribution >= 4 is 10.8 Å². The molecule has 0 fully saturated rings. The van der Waals surface area contributed by atoms with Gasteiger partial charge in [0.1, 0.15) is 23.0 Å². The van der Waals surface area contributed by atoms with E-state index in [1.807, 2.05) is 38.1 Å². The molecule has 0 saturated heterocycles. The van der Waals surface area contributed by atoms with E-state index in [0.717, 1.165) is 57.0 Å². The molecule has 1 heterocycles. The molecule has 172 valence electrons. The first-order chi connectivity index (χ1) is 15.9. The van der Waals surface area contributed by atoms with Crippen molar-refractivity contribution in [2.24, 2.45) is 0 Å². The van der Waals surface area contributed by atoms with Crippen molar-refractivity contribution in [1.29, 1.82) is 0 Å². The number of benzene rings is 3. The number of nitrogens with zero attached hydrogens (tertiary/aromatic N) is 1. The number of aryl methyl sites for hydroxylation is 3. The van der Waals surface area contributed by atoms with Crippen LogP contribution in [-0.2, 0) is 6.42 Å². The van der Waals surface area contributed by atoms with Crippen LogP contribution in [0.25, 0.3) is 21.9 Å². The Hall–Kier alpha value is -3.73. The third kappa shape index (κ3) is 5.55. The second-order valence-corrected chi connectivity index (χ2v) is 7.70. The second kappa shape index (κ2) is 10.7. The number of pyridine rings is 1. The van der Waals surface area contributed by atoms with Gasteiger partial charge in [0.05, 0.1) is 21.3 Å². The minimum Gasteiger partial charge on any atom is -0.508 e. The number of aromatic nitrogens is 1. The zero-order chi connectivity index (χ0) is 24.0. The van der Waals surface area contributed by atoms with Crippen molar-refractivity contribution in [2.45, 2.75) is 27.2 Å². The SMILES string of the molecule is CCc1ccc(OC)cc1OC.COc1ccc(O)cc1-c1ccc2c(C)nc(C)cc2c1. The molecule has 5 nitrogen and oxygen atoms in total. The predicted molar refractivity (Wildman–Crippen MR) is 134 cm³/mol. The van der Waals surface area contributed by atoms with Crippen LogP contribution in [0, 0.1) is 13.8 Å². The number of rotatable bonds is 5. The van der Waals surface area contributed by atoms with E-state index >= 15 is 0 Å². The molecule has 0 aliphatic heterocycles. The van der Waals surface area contributed by atoms with Crippen LogP contribution in [0.3, 0.4) is 0 Å². The summed E-state index contributed by atoms with van der Waals surface area (Å²) < 4.78 is 15.7. The van der Waals surface area contributed by atoms with E-state index in [-0.39, 0.29) is 5.75 Å². The Labute approximate surface area is 195 Å². The van der Waals surface area contributed by atoms with Crippen LogP contribution >= 0.6 is 0 Å². The van der Waals surface area contributed by atoms with Crippen molar-refractivity contribution in [3.63, 3.8) is 0 Å². The van der Waals surface area contributed by atoms with Crippen molar-refractivity contribution in [3.05, 3.63) is 77.6 Å². The topological polar surface area (TPSA) is 60.8 Å². The maximum absolute atomic E-state index is 9.73. The third-order valence-electron chi connectivity index (χ3n) is 5.52. The van der Waals surface area contributed by atoms with E-state index in [1.165, 1.54) is 5.56 Å². The average molecular weight is 446 g/mol. The standard InChI is InChI=1S/C18H17NO2.C10H14O2/c1-11-8-14-9-13(4-6-16(14)12(2)19-11)17-10-15(20)5-7-18(17)21-3;1-4-8-5-6-9(11-2)7-10(8)12-3/h4-10,20H,1-3H3;5-7H,4H2,1-3H3. The molecule has 5 heteroatoms. The van der Waals surface area contributed by atoms with E-state index in [4.69, 9.17) is 14.2 Å². The van der Waals surface area contributed by atoms with Crippen LogP contribution in [0.15, 0.2) is 60.7 Å². The molecule has 1 N–H and O–H groups in total. The molecule has 0 spiro atoms. The lowest BCUT2D eigenvalue weighted by Gasteiger charge is -2.11. The third-order valence-corrected chi connectivity index (χ3v) is 5.52. The fourth-order valence-corrected chi connectivity index (χ4v) is 3.83. The van der Waals surface area contributed by atoms with Gasteiger partial charge in [-0.25, -0.2) is 0 Å². The van der Waals surface area contributed by atoms with Crippen LogP contribution in [0.5, 0.6) is 23.0 Å². The van der Waals surface area contributed by atoms with Crippen LogP contribution in [0.1, 0.15) is 23.9 Å². The lowest BCUT2D eigenvalue weighted by Crippen LogP contribution is -1.91. The predicted octanol–water partition coefficient (Wildman–Crippen LogP) is 6.50. The van der Waals surface area contributed by atoms with E-state index in [9.17, 15) is 5.11 Å². The second-order valence-electron chi connectivity index (χ2n) is 7.70. The summed E-state index contributed by atoms with van der Waals surface area (Å²) in [6.45, 7) is 6.11. The normalized spacial score (nSPS) is 10.4. The Morgan fingerprint density at radius 3 is 2.21 bits per heavy atom. The Morgan fingerprint density at radius 1 is 0.788 bits per heavy atom. The molecular weight excluding hydrogens is 414 g/mol. The first-order valence-electron chi connectivity index (χ1n) is 10.9. The summed E-state index contributed by atoms with van der Waals surface area (Å²) in [5.41, 5.74) is 5.13. The molecule has 0 aliphatic rings. The van der Waals surface area contributed by atoms with Gasteiger partial charge in [0.15, 0.2) is 0 Å². The smallest absolute Gasteiger partial charge is 0.126 e. The maximum Gasteiger partial charge on any atom is 0.126 e. The molecule has 33 heavy (non-hydrogen) atoms. The Kier molecular flexibility index (Phi) is 7.78. The Balaban J connectivity index is 0.000000218. The summed E-state index contributed by atoms with van der Waals surface area (Å²) in [5, 5.41) is 12.0. The quantitative estimate of drug-likeness (QED) is 0.380. The number of hydrogen-bond acceptors (Lipinski definition) is 5. The molecule has 1 aromatic heterocycles. The van der Waals surface area contributed by atoms with Gasteiger partial charge in [-0.15, -0.1) is 0 Å². The monoisotopic (exact) mass is 445 g/mol. The fraction of sp³-hybridized carbons (Fsp3) is 0.250. The number of ether oxygens (including phenoxy) is 3. The molecule has 4 rings (SSSR count). The van der Waals surface area contributed by atoms with Gasteiger partial charge in [-0.1, -0.05) is 25.1 Å². The molecule has 0 radical (unpaired) electrons. The zero-order valence-electron chi connectivity index (χ0n) is 20.1. The summed E-state index contributed by atoms with van der Waals surface area (Å²) >= 11 is 0. The van der Waals surface area contributed by atoms with Gasteiger partial charge in [-0.2, -0.15) is 0 Å². The van der Waals surface area contributed by atoms with E-state index in [1.54, 1.807) is 39.5 Å². The minimum absolute atomic E-state index is 0.230. The molecule has 0 aliphatic carbocycles. The van der Waals surface area contributed by atoms with Crippen molar-refractivity contribution < 1.29 is 19.3 Å². The Bertz CT molecular complexity index is 1250. The average Bonchev–Trinajstić information content (AvgIpc) is 2.83. The highest BCUT2D eigenvalue weighted by molar-refractivity contribution is 5.90. The maximum atomic E-state index is 9.73. The molecule has 0 amide bonds. The van der Waals surface area contributed by atoms with Crippen molar-refractivity contribution in [1.82, 2.24) is 4.98 Å². The summed E-state index contributed by atoms with van der Waals surface area (Å²) in [6.07, 6.45) is 0.979. The summed E-state index contributed by atoms with van der Waals surface area (Å²) in [4.78, 5) is 4.49. The largest absolute Gasteiger partial charge is 0.508 e. The van der Waals surface area contributed by atoms with Crippen molar-refractivity contribution in [3.8, 4) is 34.1 Å². The van der Waals surface area contributed by atoms with Crippen LogP contribution < -0.4 is 14.2 Å². The van der Waals surface area contributed by atoms with Gasteiger partial charge >= 0.3 is 0 Å². The number of fused-ring (bicyclic) bond motifs is 1. The van der Waals surface area contributed by atoms with Gasteiger partial charge in [-0.05, 0) is 73.2 Å². The summed E-state index contributed by atoms with van der Waals surface area (Å²) in [6, 6.07) is 19.3. The van der Waals surface area contributed by atoms with Gasteiger partial charge in [-0.3, -0.25) is 4.98 Å². The first kappa shape index (κ1) is 23.9. The van der Waals surface area contributed by atoms with Crippen LogP contribution in [0.2, 0.25) is 0 Å². The van der Waals surface area contributed by atoms with Gasteiger partial charge in [0.2, 0.25) is 0 Å². The number of phenolic OH excluding ortho intramolecular Hbond substituents is 1. The van der Waals surface area contributed by atoms with Gasteiger partial charge in [0, 0.05) is 28.4 Å². The molecule has 0 saturated carbocycles. The molecule has 0 atom stereocenters. The van der Waals surface area contributed by atoms with E-state index in [2.05, 4.69) is 30.1 Å². The number of aromatic hydroxyl groups is 1. The van der Waals surface area contributed by atoms with E-state index in [0.29, 0.717) is 0 Å². The molecule has 4 aromatic rings. The highest BCUT2D eigenvalue weighted by Gasteiger charge is 2.09. The molecule has 0 unspecified atom stereocenters. The van der Waals surface area contributed by atoms with Crippen LogP contribution in [-0.4, -0.2) is 31.4 Å². The first-order valence-corrected chi connectivity index (χ1v) is 10.9. The minimum atomic E-state index is 0.230. The zero-order valence-corrected chi connectivity index (χ0v) is 20.1. The number of methoxy groups -OCH3 is 3.